The fourth-order valence-corrected chi connectivity index (χ4v) is 2.93. The number of H-pyrrole nitrogens is 1. The lowest BCUT2D eigenvalue weighted by Gasteiger charge is -2.19. The van der Waals surface area contributed by atoms with Gasteiger partial charge in [0.05, 0.1) is 5.41 Å². The number of aromatic amines is 1. The van der Waals surface area contributed by atoms with E-state index in [1.807, 2.05) is 25.1 Å². The zero-order valence-electron chi connectivity index (χ0n) is 10.7. The van der Waals surface area contributed by atoms with Crippen LogP contribution in [0.3, 0.4) is 0 Å². The van der Waals surface area contributed by atoms with Crippen molar-refractivity contribution in [3.05, 3.63) is 35.5 Å². The van der Waals surface area contributed by atoms with Crippen LogP contribution in [-0.2, 0) is 10.2 Å². The Labute approximate surface area is 106 Å². The van der Waals surface area contributed by atoms with Crippen molar-refractivity contribution in [3.63, 3.8) is 0 Å². The molecule has 0 saturated heterocycles. The number of nitrogens with two attached hydrogens (primary N) is 1. The van der Waals surface area contributed by atoms with Crippen molar-refractivity contribution < 1.29 is 4.79 Å². The Morgan fingerprint density at radius 2 is 2.06 bits per heavy atom. The number of hydrazine groups is 1. The Hall–Kier alpha value is -1.81. The molecule has 1 aliphatic carbocycles. The zero-order chi connectivity index (χ0) is 12.9. The number of nitrogens with one attached hydrogen (secondary N) is 1. The minimum Gasteiger partial charge on any atom is -0.358 e. The highest BCUT2D eigenvalue weighted by Gasteiger charge is 2.54. The minimum atomic E-state index is -0.396. The predicted octanol–water partition coefficient (Wildman–Crippen LogP) is 1.84. The highest BCUT2D eigenvalue weighted by Crippen LogP contribution is 2.52. The average molecular weight is 243 g/mol. The van der Waals surface area contributed by atoms with Crippen LogP contribution in [0.25, 0.3) is 10.9 Å². The second-order valence-electron chi connectivity index (χ2n) is 5.17. The monoisotopic (exact) mass is 243 g/mol. The molecule has 1 fully saturated rings. The van der Waals surface area contributed by atoms with Crippen LogP contribution in [0.2, 0.25) is 0 Å². The molecule has 0 spiro atoms. The van der Waals surface area contributed by atoms with E-state index in [0.29, 0.717) is 0 Å². The van der Waals surface area contributed by atoms with Crippen molar-refractivity contribution in [1.82, 2.24) is 9.99 Å². The number of hydrogen-bond donors (Lipinski definition) is 2. The van der Waals surface area contributed by atoms with Crippen LogP contribution in [0.15, 0.2) is 24.3 Å². The molecule has 4 nitrogen and oxygen atoms in total. The number of nitrogens with zero attached hydrogens (tertiary/aromatic N) is 1. The van der Waals surface area contributed by atoms with Gasteiger partial charge in [0, 0.05) is 23.6 Å². The summed E-state index contributed by atoms with van der Waals surface area (Å²) < 4.78 is 0. The van der Waals surface area contributed by atoms with Gasteiger partial charge in [0.1, 0.15) is 0 Å². The molecule has 1 heterocycles. The topological polar surface area (TPSA) is 62.1 Å². The third kappa shape index (κ3) is 1.39. The number of aromatic nitrogens is 1. The maximum Gasteiger partial charge on any atom is 0.246 e. The maximum absolute atomic E-state index is 12.3. The van der Waals surface area contributed by atoms with Gasteiger partial charge in [-0.25, -0.2) is 5.84 Å². The summed E-state index contributed by atoms with van der Waals surface area (Å²) in [5.74, 6) is 5.65. The van der Waals surface area contributed by atoms with Gasteiger partial charge in [-0.1, -0.05) is 18.2 Å². The van der Waals surface area contributed by atoms with Crippen molar-refractivity contribution in [2.75, 3.05) is 7.05 Å². The number of benzene rings is 1. The maximum atomic E-state index is 12.3. The first-order chi connectivity index (χ1) is 8.56. The zero-order valence-corrected chi connectivity index (χ0v) is 10.7. The lowest BCUT2D eigenvalue weighted by molar-refractivity contribution is -0.132. The number of fused-ring (bicyclic) bond motifs is 1. The summed E-state index contributed by atoms with van der Waals surface area (Å²) in [4.78, 5) is 15.7. The summed E-state index contributed by atoms with van der Waals surface area (Å²) in [7, 11) is 1.62. The van der Waals surface area contributed by atoms with E-state index in [0.717, 1.165) is 35.0 Å². The molecule has 0 bridgehead atoms. The van der Waals surface area contributed by atoms with Crippen molar-refractivity contribution >= 4 is 16.8 Å². The van der Waals surface area contributed by atoms with Crippen molar-refractivity contribution in [2.24, 2.45) is 5.84 Å². The molecule has 1 aromatic heterocycles. The van der Waals surface area contributed by atoms with Gasteiger partial charge >= 0.3 is 0 Å². The van der Waals surface area contributed by atoms with Crippen molar-refractivity contribution in [3.8, 4) is 0 Å². The number of para-hydroxylation sites is 1. The van der Waals surface area contributed by atoms with E-state index in [-0.39, 0.29) is 5.91 Å². The van der Waals surface area contributed by atoms with Gasteiger partial charge in [0.2, 0.25) is 5.91 Å². The van der Waals surface area contributed by atoms with Gasteiger partial charge in [0.15, 0.2) is 0 Å². The number of carbonyl (C=O) groups excluding carboxylic acids is 1. The average Bonchev–Trinajstić information content (AvgIpc) is 3.05. The number of hydrogen-bond acceptors (Lipinski definition) is 2. The van der Waals surface area contributed by atoms with Gasteiger partial charge in [-0.05, 0) is 31.4 Å². The van der Waals surface area contributed by atoms with Gasteiger partial charge in [-0.3, -0.25) is 9.80 Å². The molecule has 18 heavy (non-hydrogen) atoms. The summed E-state index contributed by atoms with van der Waals surface area (Å²) in [6.45, 7) is 2.03. The highest BCUT2D eigenvalue weighted by atomic mass is 16.2. The van der Waals surface area contributed by atoms with Crippen molar-refractivity contribution in [1.29, 1.82) is 0 Å². The van der Waals surface area contributed by atoms with Crippen LogP contribution in [0.1, 0.15) is 24.1 Å². The Bertz CT molecular complexity index is 623. The quantitative estimate of drug-likeness (QED) is 0.480. The second-order valence-corrected chi connectivity index (χ2v) is 5.17. The van der Waals surface area contributed by atoms with Gasteiger partial charge in [-0.15, -0.1) is 0 Å². The van der Waals surface area contributed by atoms with Crippen LogP contribution in [0, 0.1) is 6.92 Å². The summed E-state index contributed by atoms with van der Waals surface area (Å²) in [6.07, 6.45) is 1.77. The first kappa shape index (κ1) is 11.3. The molecule has 1 aliphatic rings. The molecule has 0 atom stereocenters. The van der Waals surface area contributed by atoms with Gasteiger partial charge in [-0.2, -0.15) is 0 Å². The summed E-state index contributed by atoms with van der Waals surface area (Å²) in [5, 5.41) is 2.36. The van der Waals surface area contributed by atoms with E-state index in [4.69, 9.17) is 5.84 Å². The lowest BCUT2D eigenvalue weighted by atomic mass is 9.92. The van der Waals surface area contributed by atoms with Crippen LogP contribution in [0.5, 0.6) is 0 Å². The molecule has 1 amide bonds. The SMILES string of the molecule is Cc1[nH]c2ccccc2c1C1(C(=O)N(C)N)CC1. The lowest BCUT2D eigenvalue weighted by Crippen LogP contribution is -2.41. The Kier molecular flexibility index (Phi) is 2.25. The molecule has 1 saturated carbocycles. The molecule has 3 N–H and O–H groups in total. The fraction of sp³-hybridized carbons (Fsp3) is 0.357. The molecular weight excluding hydrogens is 226 g/mol. The highest BCUT2D eigenvalue weighted by molar-refractivity contribution is 5.98. The molecule has 0 radical (unpaired) electrons. The van der Waals surface area contributed by atoms with Crippen LogP contribution >= 0.6 is 0 Å². The van der Waals surface area contributed by atoms with Crippen LogP contribution in [0.4, 0.5) is 0 Å². The standard InChI is InChI=1S/C14H17N3O/c1-9-12(10-5-3-4-6-11(10)16-9)14(7-8-14)13(18)17(2)15/h3-6,16H,7-8,15H2,1-2H3. The smallest absolute Gasteiger partial charge is 0.246 e. The van der Waals surface area contributed by atoms with E-state index < -0.39 is 5.41 Å². The van der Waals surface area contributed by atoms with E-state index in [1.54, 1.807) is 7.05 Å². The van der Waals surface area contributed by atoms with Gasteiger partial charge in [0.25, 0.3) is 0 Å². The third-order valence-corrected chi connectivity index (χ3v) is 3.85. The number of rotatable bonds is 2. The summed E-state index contributed by atoms with van der Waals surface area (Å²) >= 11 is 0. The van der Waals surface area contributed by atoms with E-state index in [9.17, 15) is 4.79 Å². The Morgan fingerprint density at radius 3 is 2.67 bits per heavy atom. The molecule has 3 rings (SSSR count). The summed E-state index contributed by atoms with van der Waals surface area (Å²) in [6, 6.07) is 8.11. The molecule has 4 heteroatoms. The third-order valence-electron chi connectivity index (χ3n) is 3.85. The normalized spacial score (nSPS) is 16.8. The molecule has 0 unspecified atom stereocenters. The molecular formula is C14H17N3O. The first-order valence-electron chi connectivity index (χ1n) is 6.17. The largest absolute Gasteiger partial charge is 0.358 e. The molecule has 0 aliphatic heterocycles. The number of likely N-dealkylation sites (N-methyl/N-ethyl adjacent to an activating group) is 1. The Morgan fingerprint density at radius 1 is 1.39 bits per heavy atom. The molecule has 2 aromatic rings. The van der Waals surface area contributed by atoms with Crippen LogP contribution < -0.4 is 5.84 Å². The fourth-order valence-electron chi connectivity index (χ4n) is 2.93. The predicted molar refractivity (Wildman–Crippen MR) is 70.9 cm³/mol. The van der Waals surface area contributed by atoms with E-state index in [2.05, 4.69) is 11.1 Å². The van der Waals surface area contributed by atoms with Gasteiger partial charge < -0.3 is 4.98 Å². The number of aryl methyl sites for hydroxylation is 1. The van der Waals surface area contributed by atoms with E-state index >= 15 is 0 Å². The first-order valence-corrected chi connectivity index (χ1v) is 6.17. The second kappa shape index (κ2) is 3.59. The number of amides is 1. The Balaban J connectivity index is 2.21. The van der Waals surface area contributed by atoms with Crippen LogP contribution in [-0.4, -0.2) is 22.9 Å². The number of carbonyl (C=O) groups is 1. The molecule has 1 aromatic carbocycles. The van der Waals surface area contributed by atoms with E-state index in [1.165, 1.54) is 5.01 Å². The summed E-state index contributed by atoms with van der Waals surface area (Å²) in [5.41, 5.74) is 2.89. The van der Waals surface area contributed by atoms with Crippen molar-refractivity contribution in [2.45, 2.75) is 25.2 Å². The molecule has 94 valence electrons. The minimum absolute atomic E-state index is 0.00959.